The van der Waals surface area contributed by atoms with E-state index in [9.17, 15) is 4.79 Å². The molecule has 0 saturated carbocycles. The Morgan fingerprint density at radius 2 is 2.00 bits per heavy atom. The van der Waals surface area contributed by atoms with Crippen molar-refractivity contribution in [3.63, 3.8) is 0 Å². The lowest BCUT2D eigenvalue weighted by Crippen LogP contribution is -1.95. The van der Waals surface area contributed by atoms with Gasteiger partial charge >= 0.3 is 5.97 Å². The molecule has 2 aromatic carbocycles. The van der Waals surface area contributed by atoms with Crippen molar-refractivity contribution < 1.29 is 14.3 Å². The normalized spacial score (nSPS) is 11.2. The van der Waals surface area contributed by atoms with Crippen LogP contribution in [0, 0.1) is 6.92 Å². The number of carbonyl (C=O) groups is 1. The van der Waals surface area contributed by atoms with Crippen LogP contribution in [0.15, 0.2) is 39.2 Å². The van der Waals surface area contributed by atoms with Gasteiger partial charge in [0, 0.05) is 10.9 Å². The van der Waals surface area contributed by atoms with Crippen LogP contribution < -0.4 is 0 Å². The first-order chi connectivity index (χ1) is 8.59. The van der Waals surface area contributed by atoms with Gasteiger partial charge in [-0.05, 0) is 39.7 Å². The number of furan rings is 1. The highest BCUT2D eigenvalue weighted by molar-refractivity contribution is 9.10. The van der Waals surface area contributed by atoms with E-state index in [1.165, 1.54) is 0 Å². The van der Waals surface area contributed by atoms with Crippen molar-refractivity contribution in [2.75, 3.05) is 0 Å². The van der Waals surface area contributed by atoms with Gasteiger partial charge in [-0.3, -0.25) is 0 Å². The van der Waals surface area contributed by atoms with E-state index in [-0.39, 0.29) is 5.76 Å². The van der Waals surface area contributed by atoms with Crippen LogP contribution in [-0.2, 0) is 0 Å². The molecule has 0 saturated heterocycles. The quantitative estimate of drug-likeness (QED) is 0.727. The van der Waals surface area contributed by atoms with E-state index < -0.39 is 5.97 Å². The fourth-order valence-corrected chi connectivity index (χ4v) is 2.82. The van der Waals surface area contributed by atoms with Crippen molar-refractivity contribution in [1.29, 1.82) is 0 Å². The zero-order chi connectivity index (χ0) is 12.9. The van der Waals surface area contributed by atoms with Gasteiger partial charge in [0.25, 0.3) is 0 Å². The van der Waals surface area contributed by atoms with E-state index in [4.69, 9.17) is 9.52 Å². The molecule has 0 aliphatic carbocycles. The summed E-state index contributed by atoms with van der Waals surface area (Å²) in [5.74, 6) is -1.04. The molecule has 0 fully saturated rings. The standard InChI is InChI=1S/C14H9BrO3/c1-7-10-6-8-4-2-3-5-9(8)11(15)13(10)18-12(7)14(16)17/h2-6H,1H3,(H,16,17). The molecule has 0 aliphatic heterocycles. The second-order valence-corrected chi connectivity index (χ2v) is 4.94. The van der Waals surface area contributed by atoms with Gasteiger partial charge in [0.1, 0.15) is 5.58 Å². The summed E-state index contributed by atoms with van der Waals surface area (Å²) in [5, 5.41) is 12.0. The van der Waals surface area contributed by atoms with Crippen molar-refractivity contribution in [1.82, 2.24) is 0 Å². The Morgan fingerprint density at radius 3 is 2.72 bits per heavy atom. The Balaban J connectivity index is 2.52. The summed E-state index contributed by atoms with van der Waals surface area (Å²) < 4.78 is 6.25. The molecule has 0 atom stereocenters. The van der Waals surface area contributed by atoms with Gasteiger partial charge in [0.05, 0.1) is 4.47 Å². The summed E-state index contributed by atoms with van der Waals surface area (Å²) in [6, 6.07) is 9.81. The number of hydrogen-bond acceptors (Lipinski definition) is 2. The molecule has 0 aliphatic rings. The monoisotopic (exact) mass is 304 g/mol. The van der Waals surface area contributed by atoms with Gasteiger partial charge in [0.2, 0.25) is 5.76 Å². The van der Waals surface area contributed by atoms with Gasteiger partial charge in [-0.15, -0.1) is 0 Å². The van der Waals surface area contributed by atoms with Gasteiger partial charge in [-0.25, -0.2) is 4.79 Å². The lowest BCUT2D eigenvalue weighted by molar-refractivity contribution is 0.0664. The van der Waals surface area contributed by atoms with Gasteiger partial charge in [-0.1, -0.05) is 24.3 Å². The van der Waals surface area contributed by atoms with Crippen LogP contribution in [0.3, 0.4) is 0 Å². The third kappa shape index (κ3) is 1.46. The largest absolute Gasteiger partial charge is 0.475 e. The van der Waals surface area contributed by atoms with E-state index in [1.54, 1.807) is 6.92 Å². The fourth-order valence-electron chi connectivity index (χ4n) is 2.17. The highest BCUT2D eigenvalue weighted by Crippen LogP contribution is 2.36. The van der Waals surface area contributed by atoms with Crippen LogP contribution >= 0.6 is 15.9 Å². The summed E-state index contributed by atoms with van der Waals surface area (Å²) in [5.41, 5.74) is 1.24. The summed E-state index contributed by atoms with van der Waals surface area (Å²) in [7, 11) is 0. The molecule has 3 nitrogen and oxygen atoms in total. The van der Waals surface area contributed by atoms with Crippen molar-refractivity contribution in [2.45, 2.75) is 6.92 Å². The predicted octanol–water partition coefficient (Wildman–Crippen LogP) is 4.36. The van der Waals surface area contributed by atoms with Crippen LogP contribution in [0.2, 0.25) is 0 Å². The summed E-state index contributed by atoms with van der Waals surface area (Å²) in [4.78, 5) is 11.1. The van der Waals surface area contributed by atoms with E-state index >= 15 is 0 Å². The molecule has 0 unspecified atom stereocenters. The second kappa shape index (κ2) is 3.85. The van der Waals surface area contributed by atoms with E-state index in [0.29, 0.717) is 11.1 Å². The summed E-state index contributed by atoms with van der Waals surface area (Å²) in [6.45, 7) is 1.76. The first-order valence-electron chi connectivity index (χ1n) is 5.43. The predicted molar refractivity (Wildman–Crippen MR) is 73.1 cm³/mol. The third-order valence-electron chi connectivity index (χ3n) is 3.08. The zero-order valence-corrected chi connectivity index (χ0v) is 11.1. The number of rotatable bonds is 1. The van der Waals surface area contributed by atoms with Gasteiger partial charge in [-0.2, -0.15) is 0 Å². The number of carboxylic acids is 1. The van der Waals surface area contributed by atoms with Crippen molar-refractivity contribution in [3.05, 3.63) is 46.1 Å². The Labute approximate surface area is 111 Å². The molecule has 1 heterocycles. The first-order valence-corrected chi connectivity index (χ1v) is 6.22. The molecule has 0 bridgehead atoms. The van der Waals surface area contributed by atoms with Gasteiger partial charge in [0.15, 0.2) is 0 Å². The average Bonchev–Trinajstić information content (AvgIpc) is 2.68. The molecule has 0 amide bonds. The number of benzene rings is 2. The number of aromatic carboxylic acids is 1. The van der Waals surface area contributed by atoms with Gasteiger partial charge < -0.3 is 9.52 Å². The Hall–Kier alpha value is -1.81. The summed E-state index contributed by atoms with van der Waals surface area (Å²) in [6.07, 6.45) is 0. The number of fused-ring (bicyclic) bond motifs is 2. The minimum atomic E-state index is -1.04. The smallest absolute Gasteiger partial charge is 0.372 e. The molecular weight excluding hydrogens is 296 g/mol. The maximum absolute atomic E-state index is 11.1. The number of hydrogen-bond donors (Lipinski definition) is 1. The highest BCUT2D eigenvalue weighted by Gasteiger charge is 2.19. The molecule has 1 aromatic heterocycles. The molecule has 3 aromatic rings. The second-order valence-electron chi connectivity index (χ2n) is 4.15. The maximum Gasteiger partial charge on any atom is 0.372 e. The Morgan fingerprint density at radius 1 is 1.28 bits per heavy atom. The molecule has 1 N–H and O–H groups in total. The number of aryl methyl sites for hydroxylation is 1. The Bertz CT molecular complexity index is 786. The average molecular weight is 305 g/mol. The van der Waals surface area contributed by atoms with E-state index in [0.717, 1.165) is 20.6 Å². The zero-order valence-electron chi connectivity index (χ0n) is 9.53. The number of halogens is 1. The molecule has 3 rings (SSSR count). The molecule has 90 valence electrons. The maximum atomic E-state index is 11.1. The first kappa shape index (κ1) is 11.3. The van der Waals surface area contributed by atoms with Crippen LogP contribution in [0.25, 0.3) is 21.7 Å². The third-order valence-corrected chi connectivity index (χ3v) is 3.87. The van der Waals surface area contributed by atoms with Crippen LogP contribution in [0.1, 0.15) is 16.1 Å². The molecule has 18 heavy (non-hydrogen) atoms. The molecule has 4 heteroatoms. The van der Waals surface area contributed by atoms with Crippen LogP contribution in [0.4, 0.5) is 0 Å². The van der Waals surface area contributed by atoms with Crippen molar-refractivity contribution in [2.24, 2.45) is 0 Å². The van der Waals surface area contributed by atoms with Crippen molar-refractivity contribution in [3.8, 4) is 0 Å². The lowest BCUT2D eigenvalue weighted by atomic mass is 10.1. The Kier molecular flexibility index (Phi) is 2.41. The molecule has 0 spiro atoms. The SMILES string of the molecule is Cc1c(C(=O)O)oc2c(Br)c3ccccc3cc12. The molecular formula is C14H9BrO3. The van der Waals surface area contributed by atoms with Crippen LogP contribution in [0.5, 0.6) is 0 Å². The van der Waals surface area contributed by atoms with Crippen molar-refractivity contribution >= 4 is 43.6 Å². The minimum absolute atomic E-state index is 0.000932. The van der Waals surface area contributed by atoms with Crippen LogP contribution in [-0.4, -0.2) is 11.1 Å². The molecule has 0 radical (unpaired) electrons. The van der Waals surface area contributed by atoms with E-state index in [1.807, 2.05) is 30.3 Å². The lowest BCUT2D eigenvalue weighted by Gasteiger charge is -2.01. The highest BCUT2D eigenvalue weighted by atomic mass is 79.9. The summed E-state index contributed by atoms with van der Waals surface area (Å²) >= 11 is 3.49. The minimum Gasteiger partial charge on any atom is -0.475 e. The van der Waals surface area contributed by atoms with E-state index in [2.05, 4.69) is 15.9 Å². The number of carboxylic acid groups (broad SMARTS) is 1. The fraction of sp³-hybridized carbons (Fsp3) is 0.0714. The topological polar surface area (TPSA) is 50.4 Å².